The standard InChI is InChI=1S/C17H32N8O8/c1-7(27)12(19)15(31)23-8(3-2-4-22-17(20)21)13(29)25-10(6-26)14(30)24-9(16(32)33)5-11(18)28/h7-10,12,26-27H,2-6,19H2,1H3,(H2,18,28)(H,23,31)(H,24,30)(H,25,29)(H,32,33)(H4,20,21,22). The van der Waals surface area contributed by atoms with Crippen molar-refractivity contribution in [1.82, 2.24) is 16.0 Å². The van der Waals surface area contributed by atoms with Crippen LogP contribution in [0.15, 0.2) is 4.99 Å². The van der Waals surface area contributed by atoms with Crippen molar-refractivity contribution >= 4 is 35.6 Å². The van der Waals surface area contributed by atoms with Crippen LogP contribution in [0.3, 0.4) is 0 Å². The zero-order chi connectivity index (χ0) is 25.7. The number of carbonyl (C=O) groups excluding carboxylic acids is 4. The number of aliphatic imine (C=N–C) groups is 1. The number of hydrogen-bond donors (Lipinski definition) is 10. The monoisotopic (exact) mass is 476 g/mol. The van der Waals surface area contributed by atoms with Gasteiger partial charge in [-0.25, -0.2) is 4.79 Å². The molecule has 5 atom stereocenters. The lowest BCUT2D eigenvalue weighted by Crippen LogP contribution is -2.59. The predicted molar refractivity (Wildman–Crippen MR) is 114 cm³/mol. The molecule has 33 heavy (non-hydrogen) atoms. The Morgan fingerprint density at radius 2 is 1.42 bits per heavy atom. The number of nitrogens with one attached hydrogen (secondary N) is 3. The topological polar surface area (TPSA) is 299 Å². The average Bonchev–Trinajstić information content (AvgIpc) is 2.71. The van der Waals surface area contributed by atoms with Gasteiger partial charge < -0.3 is 54.2 Å². The van der Waals surface area contributed by atoms with Gasteiger partial charge in [0.2, 0.25) is 23.6 Å². The molecule has 188 valence electrons. The van der Waals surface area contributed by atoms with Crippen LogP contribution in [0, 0.1) is 0 Å². The number of rotatable bonds is 15. The van der Waals surface area contributed by atoms with E-state index in [1.807, 2.05) is 5.32 Å². The highest BCUT2D eigenvalue weighted by molar-refractivity contribution is 5.95. The lowest BCUT2D eigenvalue weighted by atomic mass is 10.1. The van der Waals surface area contributed by atoms with Gasteiger partial charge >= 0.3 is 5.97 Å². The molecule has 0 aromatic heterocycles. The number of aliphatic hydroxyl groups excluding tert-OH is 2. The maximum absolute atomic E-state index is 12.7. The lowest BCUT2D eigenvalue weighted by Gasteiger charge is -2.24. The smallest absolute Gasteiger partial charge is 0.326 e. The SMILES string of the molecule is CC(O)C(N)C(=O)NC(CCCN=C(N)N)C(=O)NC(CO)C(=O)NC(CC(N)=O)C(=O)O. The highest BCUT2D eigenvalue weighted by Crippen LogP contribution is 2.02. The van der Waals surface area contributed by atoms with E-state index in [0.29, 0.717) is 0 Å². The molecular weight excluding hydrogens is 444 g/mol. The molecule has 0 heterocycles. The Hall–Kier alpha value is -3.50. The summed E-state index contributed by atoms with van der Waals surface area (Å²) in [4.78, 5) is 63.0. The van der Waals surface area contributed by atoms with Gasteiger partial charge in [-0.3, -0.25) is 24.2 Å². The molecule has 0 saturated heterocycles. The highest BCUT2D eigenvalue weighted by atomic mass is 16.4. The number of nitrogens with zero attached hydrogens (tertiary/aromatic N) is 1. The summed E-state index contributed by atoms with van der Waals surface area (Å²) in [7, 11) is 0. The molecule has 16 nitrogen and oxygen atoms in total. The summed E-state index contributed by atoms with van der Waals surface area (Å²) in [5.41, 5.74) is 20.9. The Balaban J connectivity index is 5.36. The van der Waals surface area contributed by atoms with Crippen LogP contribution in [-0.2, 0) is 24.0 Å². The van der Waals surface area contributed by atoms with Gasteiger partial charge in [0.15, 0.2) is 5.96 Å². The van der Waals surface area contributed by atoms with Crippen LogP contribution in [0.5, 0.6) is 0 Å². The van der Waals surface area contributed by atoms with Gasteiger partial charge in [0.05, 0.1) is 19.1 Å². The molecule has 0 bridgehead atoms. The molecule has 4 amide bonds. The second kappa shape index (κ2) is 14.5. The number of guanidine groups is 1. The Bertz CT molecular complexity index is 741. The van der Waals surface area contributed by atoms with Gasteiger partial charge in [0, 0.05) is 6.54 Å². The Labute approximate surface area is 189 Å². The largest absolute Gasteiger partial charge is 0.480 e. The van der Waals surface area contributed by atoms with E-state index in [9.17, 15) is 34.2 Å². The zero-order valence-corrected chi connectivity index (χ0v) is 18.1. The van der Waals surface area contributed by atoms with E-state index in [1.54, 1.807) is 0 Å². The van der Waals surface area contributed by atoms with Gasteiger partial charge in [-0.15, -0.1) is 0 Å². The molecule has 14 N–H and O–H groups in total. The minimum atomic E-state index is -1.68. The molecule has 0 aliphatic heterocycles. The van der Waals surface area contributed by atoms with E-state index in [0.717, 1.165) is 0 Å². The molecule has 0 aromatic rings. The number of hydrogen-bond acceptors (Lipinski definition) is 9. The quantitative estimate of drug-likeness (QED) is 0.0602. The Kier molecular flexibility index (Phi) is 13.0. The number of carboxylic acid groups (broad SMARTS) is 1. The van der Waals surface area contributed by atoms with Crippen LogP contribution in [0.25, 0.3) is 0 Å². The van der Waals surface area contributed by atoms with Gasteiger partial charge in [-0.05, 0) is 19.8 Å². The van der Waals surface area contributed by atoms with Gasteiger partial charge in [-0.2, -0.15) is 0 Å². The minimum absolute atomic E-state index is 0.0138. The van der Waals surface area contributed by atoms with Crippen LogP contribution >= 0.6 is 0 Å². The summed E-state index contributed by atoms with van der Waals surface area (Å²) in [5.74, 6) is -5.61. The molecule has 0 aliphatic carbocycles. The molecule has 0 spiro atoms. The zero-order valence-electron chi connectivity index (χ0n) is 18.1. The normalized spacial score (nSPS) is 15.2. The number of aliphatic hydroxyl groups is 2. The maximum atomic E-state index is 12.7. The van der Waals surface area contributed by atoms with Crippen molar-refractivity contribution in [3.05, 3.63) is 0 Å². The molecule has 0 rings (SSSR count). The van der Waals surface area contributed by atoms with Crippen LogP contribution < -0.4 is 38.9 Å². The number of carbonyl (C=O) groups is 5. The fraction of sp³-hybridized carbons (Fsp3) is 0.647. The molecule has 0 radical (unpaired) electrons. The third-order valence-electron chi connectivity index (χ3n) is 4.24. The first-order valence-corrected chi connectivity index (χ1v) is 9.82. The minimum Gasteiger partial charge on any atom is -0.480 e. The first kappa shape index (κ1) is 29.5. The number of nitrogens with two attached hydrogens (primary N) is 4. The van der Waals surface area contributed by atoms with E-state index in [1.165, 1.54) is 6.92 Å². The van der Waals surface area contributed by atoms with Crippen LogP contribution in [0.2, 0.25) is 0 Å². The number of aliphatic carboxylic acids is 1. The van der Waals surface area contributed by atoms with Crippen molar-refractivity contribution in [2.75, 3.05) is 13.2 Å². The molecule has 5 unspecified atom stereocenters. The van der Waals surface area contributed by atoms with Crippen molar-refractivity contribution in [3.8, 4) is 0 Å². The van der Waals surface area contributed by atoms with Crippen molar-refractivity contribution in [1.29, 1.82) is 0 Å². The first-order chi connectivity index (χ1) is 15.3. The van der Waals surface area contributed by atoms with Crippen LogP contribution in [0.1, 0.15) is 26.2 Å². The summed E-state index contributed by atoms with van der Waals surface area (Å²) in [5, 5.41) is 34.5. The first-order valence-electron chi connectivity index (χ1n) is 9.82. The van der Waals surface area contributed by atoms with E-state index in [-0.39, 0.29) is 25.3 Å². The fourth-order valence-electron chi connectivity index (χ4n) is 2.40. The summed E-state index contributed by atoms with van der Waals surface area (Å²) >= 11 is 0. The average molecular weight is 476 g/mol. The van der Waals surface area contributed by atoms with Crippen LogP contribution in [0.4, 0.5) is 0 Å². The molecule has 16 heteroatoms. The summed E-state index contributed by atoms with van der Waals surface area (Å²) in [6.07, 6.45) is -1.73. The third-order valence-corrected chi connectivity index (χ3v) is 4.24. The molecule has 0 saturated carbocycles. The Morgan fingerprint density at radius 1 is 0.909 bits per heavy atom. The number of primary amides is 1. The lowest BCUT2D eigenvalue weighted by molar-refractivity contribution is -0.144. The third kappa shape index (κ3) is 11.6. The second-order valence-corrected chi connectivity index (χ2v) is 7.09. The van der Waals surface area contributed by atoms with Gasteiger partial charge in [-0.1, -0.05) is 0 Å². The molecule has 0 fully saturated rings. The van der Waals surface area contributed by atoms with Crippen molar-refractivity contribution in [3.63, 3.8) is 0 Å². The summed E-state index contributed by atoms with van der Waals surface area (Å²) in [6, 6.07) is -5.91. The van der Waals surface area contributed by atoms with Gasteiger partial charge in [0.1, 0.15) is 24.2 Å². The maximum Gasteiger partial charge on any atom is 0.326 e. The molecule has 0 aromatic carbocycles. The summed E-state index contributed by atoms with van der Waals surface area (Å²) in [6.45, 7) is 0.458. The van der Waals surface area contributed by atoms with E-state index in [2.05, 4.69) is 15.6 Å². The van der Waals surface area contributed by atoms with Gasteiger partial charge in [0.25, 0.3) is 0 Å². The Morgan fingerprint density at radius 3 is 1.88 bits per heavy atom. The van der Waals surface area contributed by atoms with Crippen LogP contribution in [-0.4, -0.2) is 94.3 Å². The van der Waals surface area contributed by atoms with Crippen molar-refractivity contribution in [2.45, 2.75) is 56.5 Å². The molecular formula is C17H32N8O8. The van der Waals surface area contributed by atoms with E-state index in [4.69, 9.17) is 28.0 Å². The van der Waals surface area contributed by atoms with Crippen molar-refractivity contribution in [2.24, 2.45) is 27.9 Å². The molecule has 0 aliphatic rings. The van der Waals surface area contributed by atoms with E-state index < -0.39 is 72.9 Å². The van der Waals surface area contributed by atoms with Crippen molar-refractivity contribution < 1.29 is 39.3 Å². The number of amides is 4. The van der Waals surface area contributed by atoms with E-state index >= 15 is 0 Å². The fourth-order valence-corrected chi connectivity index (χ4v) is 2.40. The number of carboxylic acids is 1. The second-order valence-electron chi connectivity index (χ2n) is 7.09. The predicted octanol–water partition coefficient (Wildman–Crippen LogP) is -5.85. The summed E-state index contributed by atoms with van der Waals surface area (Å²) < 4.78 is 0. The highest BCUT2D eigenvalue weighted by Gasteiger charge is 2.31.